The van der Waals surface area contributed by atoms with Gasteiger partial charge in [-0.3, -0.25) is 23.4 Å². The van der Waals surface area contributed by atoms with E-state index in [4.69, 9.17) is 13.8 Å². The fraction of sp³-hybridized carbons (Fsp3) is 0.500. The van der Waals surface area contributed by atoms with Crippen molar-refractivity contribution in [2.24, 2.45) is 0 Å². The van der Waals surface area contributed by atoms with Crippen molar-refractivity contribution in [1.82, 2.24) is 9.99 Å². The maximum atomic E-state index is 15.0. The highest BCUT2D eigenvalue weighted by atomic mass is 31.2. The quantitative estimate of drug-likeness (QED) is 0.634. The van der Waals surface area contributed by atoms with Gasteiger partial charge in [0.05, 0.1) is 38.5 Å². The molecule has 0 aliphatic carbocycles. The first kappa shape index (κ1) is 23.5. The third-order valence-electron chi connectivity index (χ3n) is 5.50. The minimum atomic E-state index is -3.50. The number of ether oxygens (including phenoxy) is 1. The molecule has 0 bridgehead atoms. The Morgan fingerprint density at radius 3 is 2.52 bits per heavy atom. The highest BCUT2D eigenvalue weighted by Crippen LogP contribution is 2.56. The number of carbonyl (C=O) groups excluding carboxylic acids is 2. The van der Waals surface area contributed by atoms with Crippen LogP contribution in [0, 0.1) is 11.6 Å². The lowest BCUT2D eigenvalue weighted by Gasteiger charge is -2.42. The zero-order chi connectivity index (χ0) is 23.8. The van der Waals surface area contributed by atoms with Crippen LogP contribution < -0.4 is 15.1 Å². The summed E-state index contributed by atoms with van der Waals surface area (Å²) >= 11 is 0. The Hall–Kier alpha value is -2.69. The number of hydrogen-bond acceptors (Lipinski definition) is 7. The van der Waals surface area contributed by atoms with Gasteiger partial charge in [0.15, 0.2) is 11.6 Å². The number of carbonyl (C=O) groups is 2. The molecule has 1 atom stereocenters. The third kappa shape index (κ3) is 4.83. The van der Waals surface area contributed by atoms with Crippen LogP contribution in [0.3, 0.4) is 0 Å². The van der Waals surface area contributed by atoms with E-state index in [1.807, 2.05) is 0 Å². The van der Waals surface area contributed by atoms with Crippen molar-refractivity contribution < 1.29 is 36.7 Å². The molecule has 1 unspecified atom stereocenters. The Balaban J connectivity index is 1.47. The van der Waals surface area contributed by atoms with Gasteiger partial charge in [-0.15, -0.1) is 0 Å². The number of halogens is 2. The molecule has 1 aromatic rings. The summed E-state index contributed by atoms with van der Waals surface area (Å²) in [6, 6.07) is 2.12. The van der Waals surface area contributed by atoms with Crippen LogP contribution in [-0.4, -0.2) is 68.7 Å². The Bertz CT molecular complexity index is 991. The molecule has 2 amide bonds. The van der Waals surface area contributed by atoms with E-state index in [0.717, 1.165) is 17.0 Å². The molecule has 3 heterocycles. The highest BCUT2D eigenvalue weighted by Gasteiger charge is 2.40. The van der Waals surface area contributed by atoms with Crippen LogP contribution >= 0.6 is 7.75 Å². The largest absolute Gasteiger partial charge is 0.442 e. The molecule has 180 valence electrons. The molecule has 3 aliphatic rings. The van der Waals surface area contributed by atoms with Gasteiger partial charge >= 0.3 is 13.8 Å². The summed E-state index contributed by atoms with van der Waals surface area (Å²) < 4.78 is 60.2. The van der Waals surface area contributed by atoms with Crippen LogP contribution in [0.25, 0.3) is 0 Å². The number of hydrogen-bond donors (Lipinski definition) is 1. The number of piperazine rings is 1. The molecule has 3 fully saturated rings. The van der Waals surface area contributed by atoms with E-state index >= 15 is 8.78 Å². The SMILES string of the molecule is C=C1CN(c2c(F)cc(N3CC(CNC(C)=O)OC3=O)cc2F)CCN1P1(=O)OCCCO1. The molecule has 0 aromatic heterocycles. The van der Waals surface area contributed by atoms with Crippen LogP contribution in [0.15, 0.2) is 24.4 Å². The fourth-order valence-corrected chi connectivity index (χ4v) is 5.76. The summed E-state index contributed by atoms with van der Waals surface area (Å²) in [7, 11) is -3.50. The lowest BCUT2D eigenvalue weighted by Crippen LogP contribution is -2.44. The molecule has 0 saturated carbocycles. The van der Waals surface area contributed by atoms with Crippen molar-refractivity contribution in [3.63, 3.8) is 0 Å². The molecule has 1 N–H and O–H groups in total. The molecule has 10 nitrogen and oxygen atoms in total. The molecule has 0 radical (unpaired) electrons. The maximum Gasteiger partial charge on any atom is 0.435 e. The molecule has 3 saturated heterocycles. The number of benzene rings is 1. The van der Waals surface area contributed by atoms with Crippen molar-refractivity contribution >= 4 is 31.1 Å². The van der Waals surface area contributed by atoms with E-state index in [-0.39, 0.29) is 50.0 Å². The molecular formula is C20H25F2N4O6P. The average molecular weight is 486 g/mol. The number of anilines is 2. The predicted octanol–water partition coefficient (Wildman–Crippen LogP) is 2.61. The number of amides is 2. The van der Waals surface area contributed by atoms with Gasteiger partial charge in [0.2, 0.25) is 5.91 Å². The maximum absolute atomic E-state index is 15.0. The summed E-state index contributed by atoms with van der Waals surface area (Å²) in [5, 5.41) is 2.54. The molecule has 13 heteroatoms. The Morgan fingerprint density at radius 2 is 1.91 bits per heavy atom. The van der Waals surface area contributed by atoms with E-state index in [1.165, 1.54) is 16.5 Å². The number of cyclic esters (lactones) is 1. The van der Waals surface area contributed by atoms with E-state index in [0.29, 0.717) is 25.3 Å². The monoisotopic (exact) mass is 486 g/mol. The molecular weight excluding hydrogens is 461 g/mol. The van der Waals surface area contributed by atoms with Gasteiger partial charge in [-0.25, -0.2) is 18.1 Å². The van der Waals surface area contributed by atoms with Crippen molar-refractivity contribution in [2.45, 2.75) is 19.4 Å². The Kier molecular flexibility index (Phi) is 6.60. The van der Waals surface area contributed by atoms with Gasteiger partial charge in [0.25, 0.3) is 0 Å². The standard InChI is InChI=1S/C20H25F2N4O6P/c1-13-11-24(4-5-26(13)33(29)30-6-3-7-31-33)19-17(21)8-15(9-18(19)22)25-12-16(32-20(25)28)10-23-14(2)27/h8-9,16H,1,3-7,10-12H2,2H3,(H,23,27). The second-order valence-corrected chi connectivity index (χ2v) is 9.85. The molecule has 1 aromatic carbocycles. The number of rotatable bonds is 5. The molecule has 0 spiro atoms. The number of nitrogens with one attached hydrogen (secondary N) is 1. The second-order valence-electron chi connectivity index (χ2n) is 7.91. The van der Waals surface area contributed by atoms with Gasteiger partial charge < -0.3 is 15.0 Å². The lowest BCUT2D eigenvalue weighted by molar-refractivity contribution is -0.119. The minimum Gasteiger partial charge on any atom is -0.442 e. The number of nitrogens with zero attached hydrogens (tertiary/aromatic N) is 3. The van der Waals surface area contributed by atoms with E-state index in [9.17, 15) is 14.2 Å². The van der Waals surface area contributed by atoms with Gasteiger partial charge in [-0.2, -0.15) is 0 Å². The van der Waals surface area contributed by atoms with Crippen molar-refractivity contribution in [3.05, 3.63) is 36.0 Å². The molecule has 4 rings (SSSR count). The van der Waals surface area contributed by atoms with Crippen molar-refractivity contribution in [2.75, 3.05) is 55.7 Å². The first-order chi connectivity index (χ1) is 15.7. The molecule has 3 aliphatic heterocycles. The lowest BCUT2D eigenvalue weighted by atomic mass is 10.2. The van der Waals surface area contributed by atoms with E-state index in [1.54, 1.807) is 0 Å². The summed E-state index contributed by atoms with van der Waals surface area (Å²) in [5.74, 6) is -2.00. The van der Waals surface area contributed by atoms with Crippen molar-refractivity contribution in [3.8, 4) is 0 Å². The van der Waals surface area contributed by atoms with Gasteiger partial charge in [-0.05, 0) is 6.42 Å². The Morgan fingerprint density at radius 1 is 1.24 bits per heavy atom. The van der Waals surface area contributed by atoms with Gasteiger partial charge in [-0.1, -0.05) is 6.58 Å². The van der Waals surface area contributed by atoms with Gasteiger partial charge in [0, 0.05) is 37.8 Å². The van der Waals surface area contributed by atoms with Crippen LogP contribution in [0.2, 0.25) is 0 Å². The van der Waals surface area contributed by atoms with Gasteiger partial charge in [0.1, 0.15) is 11.8 Å². The smallest absolute Gasteiger partial charge is 0.435 e. The zero-order valence-electron chi connectivity index (χ0n) is 18.1. The first-order valence-corrected chi connectivity index (χ1v) is 12.0. The predicted molar refractivity (Wildman–Crippen MR) is 115 cm³/mol. The molecule has 33 heavy (non-hydrogen) atoms. The first-order valence-electron chi connectivity index (χ1n) is 10.5. The average Bonchev–Trinajstić information content (AvgIpc) is 3.13. The van der Waals surface area contributed by atoms with Crippen molar-refractivity contribution in [1.29, 1.82) is 0 Å². The zero-order valence-corrected chi connectivity index (χ0v) is 19.0. The summed E-state index contributed by atoms with van der Waals surface area (Å²) in [5.41, 5.74) is 0.0962. The van der Waals surface area contributed by atoms with Crippen LogP contribution in [0.4, 0.5) is 25.0 Å². The van der Waals surface area contributed by atoms with E-state index in [2.05, 4.69) is 11.9 Å². The fourth-order valence-electron chi connectivity index (χ4n) is 3.94. The third-order valence-corrected chi connectivity index (χ3v) is 7.59. The topological polar surface area (TPSA) is 101 Å². The summed E-state index contributed by atoms with van der Waals surface area (Å²) in [4.78, 5) is 25.8. The summed E-state index contributed by atoms with van der Waals surface area (Å²) in [6.45, 7) is 6.31. The second kappa shape index (κ2) is 9.28. The Labute approximate surface area is 189 Å². The minimum absolute atomic E-state index is 0.00924. The van der Waals surface area contributed by atoms with Crippen LogP contribution in [0.1, 0.15) is 13.3 Å². The normalized spacial score (nSPS) is 23.0. The highest BCUT2D eigenvalue weighted by molar-refractivity contribution is 7.51. The van der Waals surface area contributed by atoms with Crippen LogP contribution in [0.5, 0.6) is 0 Å². The van der Waals surface area contributed by atoms with Crippen LogP contribution in [-0.2, 0) is 23.1 Å². The van der Waals surface area contributed by atoms with E-state index < -0.39 is 31.6 Å². The summed E-state index contributed by atoms with van der Waals surface area (Å²) in [6.07, 6.45) is -0.746.